The van der Waals surface area contributed by atoms with Gasteiger partial charge in [0.1, 0.15) is 5.54 Å². The van der Waals surface area contributed by atoms with E-state index in [1.165, 1.54) is 0 Å². The summed E-state index contributed by atoms with van der Waals surface area (Å²) in [6.07, 6.45) is 1.72. The number of amides is 1. The lowest BCUT2D eigenvalue weighted by Crippen LogP contribution is -2.59. The number of piperidine rings is 1. The van der Waals surface area contributed by atoms with E-state index >= 15 is 0 Å². The standard InChI is InChI=1S/C10H20N2O4/c13-5-10(6-14,7-15)12-9(16)8-2-1-3-11-4-8/h8,11,13-15H,1-7H2,(H,12,16). The maximum Gasteiger partial charge on any atom is 0.225 e. The highest BCUT2D eigenvalue weighted by Gasteiger charge is 2.32. The number of rotatable bonds is 5. The van der Waals surface area contributed by atoms with Gasteiger partial charge in [-0.25, -0.2) is 0 Å². The number of aliphatic hydroxyl groups is 3. The van der Waals surface area contributed by atoms with Crippen LogP contribution in [0.15, 0.2) is 0 Å². The largest absolute Gasteiger partial charge is 0.394 e. The van der Waals surface area contributed by atoms with Crippen molar-refractivity contribution in [2.24, 2.45) is 5.92 Å². The summed E-state index contributed by atoms with van der Waals surface area (Å²) >= 11 is 0. The van der Waals surface area contributed by atoms with Gasteiger partial charge in [-0.2, -0.15) is 0 Å². The van der Waals surface area contributed by atoms with Crippen molar-refractivity contribution in [3.8, 4) is 0 Å². The first-order valence-corrected chi connectivity index (χ1v) is 5.53. The van der Waals surface area contributed by atoms with Gasteiger partial charge in [0, 0.05) is 6.54 Å². The minimum atomic E-state index is -1.31. The minimum Gasteiger partial charge on any atom is -0.394 e. The van der Waals surface area contributed by atoms with Gasteiger partial charge in [-0.3, -0.25) is 4.79 Å². The molecule has 6 nitrogen and oxygen atoms in total. The van der Waals surface area contributed by atoms with Gasteiger partial charge in [0.15, 0.2) is 0 Å². The first-order valence-electron chi connectivity index (χ1n) is 5.53. The van der Waals surface area contributed by atoms with Crippen LogP contribution in [0.2, 0.25) is 0 Å². The van der Waals surface area contributed by atoms with Crippen molar-refractivity contribution < 1.29 is 20.1 Å². The SMILES string of the molecule is O=C(NC(CO)(CO)CO)C1CCCNC1. The second-order valence-corrected chi connectivity index (χ2v) is 4.29. The number of hydrogen-bond donors (Lipinski definition) is 5. The highest BCUT2D eigenvalue weighted by atomic mass is 16.3. The van der Waals surface area contributed by atoms with Crippen LogP contribution in [0.1, 0.15) is 12.8 Å². The number of carbonyl (C=O) groups excluding carboxylic acids is 1. The molecular formula is C10H20N2O4. The number of carbonyl (C=O) groups is 1. The zero-order valence-electron chi connectivity index (χ0n) is 9.28. The van der Waals surface area contributed by atoms with Gasteiger partial charge in [0.25, 0.3) is 0 Å². The zero-order chi connectivity index (χ0) is 12.0. The Morgan fingerprint density at radius 2 is 1.94 bits per heavy atom. The lowest BCUT2D eigenvalue weighted by atomic mass is 9.96. The average molecular weight is 232 g/mol. The molecule has 0 spiro atoms. The summed E-state index contributed by atoms with van der Waals surface area (Å²) in [6.45, 7) is 0.0722. The van der Waals surface area contributed by atoms with Crippen LogP contribution < -0.4 is 10.6 Å². The van der Waals surface area contributed by atoms with Crippen molar-refractivity contribution in [1.29, 1.82) is 0 Å². The maximum atomic E-state index is 11.8. The minimum absolute atomic E-state index is 0.155. The average Bonchev–Trinajstić information content (AvgIpc) is 2.37. The molecule has 0 aromatic carbocycles. The van der Waals surface area contributed by atoms with Crippen molar-refractivity contribution in [3.63, 3.8) is 0 Å². The highest BCUT2D eigenvalue weighted by Crippen LogP contribution is 2.12. The Kier molecular flexibility index (Phi) is 5.14. The fraction of sp³-hybridized carbons (Fsp3) is 0.900. The molecule has 0 radical (unpaired) electrons. The predicted octanol–water partition coefficient (Wildman–Crippen LogP) is -2.18. The van der Waals surface area contributed by atoms with E-state index in [1.54, 1.807) is 0 Å². The molecule has 1 rings (SSSR count). The van der Waals surface area contributed by atoms with E-state index in [9.17, 15) is 4.79 Å². The van der Waals surface area contributed by atoms with E-state index in [2.05, 4.69) is 10.6 Å². The third-order valence-electron chi connectivity index (χ3n) is 2.96. The summed E-state index contributed by atoms with van der Waals surface area (Å²) in [4.78, 5) is 11.8. The Balaban J connectivity index is 2.53. The normalized spacial score (nSPS) is 21.8. The molecule has 1 amide bonds. The Morgan fingerprint density at radius 3 is 2.38 bits per heavy atom. The highest BCUT2D eigenvalue weighted by molar-refractivity contribution is 5.79. The molecule has 5 N–H and O–H groups in total. The topological polar surface area (TPSA) is 102 Å². The van der Waals surface area contributed by atoms with Crippen LogP contribution in [0.25, 0.3) is 0 Å². The van der Waals surface area contributed by atoms with Crippen LogP contribution in [-0.4, -0.2) is 59.7 Å². The van der Waals surface area contributed by atoms with Crippen LogP contribution in [0.4, 0.5) is 0 Å². The third kappa shape index (κ3) is 3.15. The van der Waals surface area contributed by atoms with E-state index in [1.807, 2.05) is 0 Å². The zero-order valence-corrected chi connectivity index (χ0v) is 9.28. The lowest BCUT2D eigenvalue weighted by Gasteiger charge is -2.31. The molecule has 1 saturated heterocycles. The van der Waals surface area contributed by atoms with Crippen LogP contribution in [-0.2, 0) is 4.79 Å². The maximum absolute atomic E-state index is 11.8. The third-order valence-corrected chi connectivity index (χ3v) is 2.96. The Hall–Kier alpha value is -0.690. The van der Waals surface area contributed by atoms with Crippen molar-refractivity contribution in [2.75, 3.05) is 32.9 Å². The molecule has 1 aliphatic heterocycles. The van der Waals surface area contributed by atoms with E-state index in [-0.39, 0.29) is 11.8 Å². The molecule has 1 aliphatic rings. The molecule has 0 aromatic rings. The molecule has 94 valence electrons. The predicted molar refractivity (Wildman–Crippen MR) is 57.7 cm³/mol. The smallest absolute Gasteiger partial charge is 0.225 e. The molecule has 0 saturated carbocycles. The van der Waals surface area contributed by atoms with E-state index in [0.717, 1.165) is 19.4 Å². The summed E-state index contributed by atoms with van der Waals surface area (Å²) in [7, 11) is 0. The second-order valence-electron chi connectivity index (χ2n) is 4.29. The van der Waals surface area contributed by atoms with Crippen molar-refractivity contribution in [1.82, 2.24) is 10.6 Å². The summed E-state index contributed by atoms with van der Waals surface area (Å²) in [5, 5.41) is 32.8. The van der Waals surface area contributed by atoms with Crippen LogP contribution in [0.3, 0.4) is 0 Å². The molecule has 1 heterocycles. The molecule has 1 unspecified atom stereocenters. The molecule has 0 bridgehead atoms. The summed E-state index contributed by atoms with van der Waals surface area (Å²) in [5.74, 6) is -0.387. The Morgan fingerprint density at radius 1 is 1.31 bits per heavy atom. The Bertz CT molecular complexity index is 217. The van der Waals surface area contributed by atoms with Gasteiger partial charge in [0.05, 0.1) is 25.7 Å². The number of nitrogens with one attached hydrogen (secondary N) is 2. The van der Waals surface area contributed by atoms with Crippen LogP contribution >= 0.6 is 0 Å². The van der Waals surface area contributed by atoms with E-state index in [0.29, 0.717) is 6.54 Å². The molecule has 6 heteroatoms. The van der Waals surface area contributed by atoms with Crippen LogP contribution in [0.5, 0.6) is 0 Å². The van der Waals surface area contributed by atoms with Gasteiger partial charge < -0.3 is 26.0 Å². The van der Waals surface area contributed by atoms with Crippen molar-refractivity contribution in [3.05, 3.63) is 0 Å². The molecule has 16 heavy (non-hydrogen) atoms. The van der Waals surface area contributed by atoms with E-state index < -0.39 is 25.4 Å². The van der Waals surface area contributed by atoms with Crippen molar-refractivity contribution in [2.45, 2.75) is 18.4 Å². The number of aliphatic hydroxyl groups excluding tert-OH is 3. The van der Waals surface area contributed by atoms with Gasteiger partial charge in [-0.1, -0.05) is 0 Å². The van der Waals surface area contributed by atoms with Gasteiger partial charge in [-0.05, 0) is 19.4 Å². The van der Waals surface area contributed by atoms with Gasteiger partial charge >= 0.3 is 0 Å². The number of hydrogen-bond acceptors (Lipinski definition) is 5. The fourth-order valence-electron chi connectivity index (χ4n) is 1.71. The molecule has 1 atom stereocenters. The van der Waals surface area contributed by atoms with E-state index in [4.69, 9.17) is 15.3 Å². The monoisotopic (exact) mass is 232 g/mol. The first-order chi connectivity index (χ1) is 7.67. The molecule has 1 fully saturated rings. The first kappa shape index (κ1) is 13.4. The summed E-state index contributed by atoms with van der Waals surface area (Å²) in [5.41, 5.74) is -1.31. The fourth-order valence-corrected chi connectivity index (χ4v) is 1.71. The van der Waals surface area contributed by atoms with Gasteiger partial charge in [-0.15, -0.1) is 0 Å². The van der Waals surface area contributed by atoms with Crippen LogP contribution in [0, 0.1) is 5.92 Å². The molecule has 0 aliphatic carbocycles. The van der Waals surface area contributed by atoms with Gasteiger partial charge in [0.2, 0.25) is 5.91 Å². The molecular weight excluding hydrogens is 212 g/mol. The summed E-state index contributed by atoms with van der Waals surface area (Å²) in [6, 6.07) is 0. The lowest BCUT2D eigenvalue weighted by molar-refractivity contribution is -0.129. The summed E-state index contributed by atoms with van der Waals surface area (Å²) < 4.78 is 0. The Labute approximate surface area is 94.7 Å². The second kappa shape index (κ2) is 6.15. The van der Waals surface area contributed by atoms with Crippen molar-refractivity contribution >= 4 is 5.91 Å². The molecule has 0 aromatic heterocycles. The quantitative estimate of drug-likeness (QED) is 0.371.